The average Bonchev–Trinajstić information content (AvgIpc) is 2.47. The van der Waals surface area contributed by atoms with Crippen molar-refractivity contribution in [3.63, 3.8) is 0 Å². The molecule has 78 valence electrons. The lowest BCUT2D eigenvalue weighted by atomic mass is 10.3. The van der Waals surface area contributed by atoms with Crippen LogP contribution in [-0.2, 0) is 0 Å². The summed E-state index contributed by atoms with van der Waals surface area (Å²) in [4.78, 5) is 13.5. The smallest absolute Gasteiger partial charge is 0.256 e. The lowest BCUT2D eigenvalue weighted by molar-refractivity contribution is 0.0773. The van der Waals surface area contributed by atoms with E-state index in [0.29, 0.717) is 27.3 Å². The van der Waals surface area contributed by atoms with E-state index in [2.05, 4.69) is 0 Å². The van der Waals surface area contributed by atoms with Crippen LogP contribution in [0.1, 0.15) is 24.2 Å². The number of carbonyl (C=O) groups is 1. The van der Waals surface area contributed by atoms with Crippen LogP contribution < -0.4 is 0 Å². The third-order valence-corrected chi connectivity index (χ3v) is 3.43. The predicted molar refractivity (Wildman–Crippen MR) is 61.6 cm³/mol. The standard InChI is InChI=1S/C9H11Cl2NOS/c1-3-12(4-2)9(13)6-5-7(10)14-8(6)11/h5H,3-4H2,1-2H3. The summed E-state index contributed by atoms with van der Waals surface area (Å²) in [6.45, 7) is 5.23. The summed E-state index contributed by atoms with van der Waals surface area (Å²) in [6.07, 6.45) is 0. The monoisotopic (exact) mass is 251 g/mol. The van der Waals surface area contributed by atoms with Gasteiger partial charge in [0.1, 0.15) is 4.34 Å². The van der Waals surface area contributed by atoms with Crippen molar-refractivity contribution in [2.45, 2.75) is 13.8 Å². The summed E-state index contributed by atoms with van der Waals surface area (Å²) in [6, 6.07) is 1.62. The molecule has 1 aromatic heterocycles. The minimum atomic E-state index is -0.0526. The van der Waals surface area contributed by atoms with Crippen LogP contribution in [0.25, 0.3) is 0 Å². The quantitative estimate of drug-likeness (QED) is 0.805. The Morgan fingerprint density at radius 3 is 2.36 bits per heavy atom. The molecular weight excluding hydrogens is 241 g/mol. The summed E-state index contributed by atoms with van der Waals surface area (Å²) in [5.41, 5.74) is 0.505. The first kappa shape index (κ1) is 11.8. The minimum absolute atomic E-state index is 0.0526. The lowest BCUT2D eigenvalue weighted by Crippen LogP contribution is -2.30. The molecule has 0 saturated heterocycles. The van der Waals surface area contributed by atoms with Crippen molar-refractivity contribution in [3.05, 3.63) is 20.3 Å². The summed E-state index contributed by atoms with van der Waals surface area (Å²) in [5, 5.41) is 0. The zero-order valence-corrected chi connectivity index (χ0v) is 10.3. The Morgan fingerprint density at radius 2 is 2.00 bits per heavy atom. The molecule has 0 unspecified atom stereocenters. The van der Waals surface area contributed by atoms with E-state index < -0.39 is 0 Å². The van der Waals surface area contributed by atoms with Crippen LogP contribution >= 0.6 is 34.5 Å². The lowest BCUT2D eigenvalue weighted by Gasteiger charge is -2.17. The molecule has 0 fully saturated rings. The molecule has 0 N–H and O–H groups in total. The van der Waals surface area contributed by atoms with Gasteiger partial charge in [0.15, 0.2) is 0 Å². The van der Waals surface area contributed by atoms with Crippen molar-refractivity contribution < 1.29 is 4.79 Å². The van der Waals surface area contributed by atoms with Gasteiger partial charge >= 0.3 is 0 Å². The van der Waals surface area contributed by atoms with Crippen molar-refractivity contribution >= 4 is 40.4 Å². The molecular formula is C9H11Cl2NOS. The molecule has 1 aromatic rings. The molecule has 0 saturated carbocycles. The number of halogens is 2. The molecule has 0 spiro atoms. The maximum absolute atomic E-state index is 11.8. The van der Waals surface area contributed by atoms with Gasteiger partial charge in [-0.3, -0.25) is 4.79 Å². The first-order chi connectivity index (χ1) is 6.60. The molecule has 0 aliphatic carbocycles. The van der Waals surface area contributed by atoms with Crippen LogP contribution in [0, 0.1) is 0 Å². The highest BCUT2D eigenvalue weighted by Gasteiger charge is 2.18. The molecule has 0 bridgehead atoms. The van der Waals surface area contributed by atoms with Crippen molar-refractivity contribution in [1.82, 2.24) is 4.90 Å². The number of hydrogen-bond acceptors (Lipinski definition) is 2. The van der Waals surface area contributed by atoms with Gasteiger partial charge < -0.3 is 4.90 Å². The highest BCUT2D eigenvalue weighted by atomic mass is 35.5. The van der Waals surface area contributed by atoms with Crippen molar-refractivity contribution in [3.8, 4) is 0 Å². The number of carbonyl (C=O) groups excluding carboxylic acids is 1. The SMILES string of the molecule is CCN(CC)C(=O)c1cc(Cl)sc1Cl. The van der Waals surface area contributed by atoms with E-state index in [1.165, 1.54) is 11.3 Å². The third kappa shape index (κ3) is 2.41. The van der Waals surface area contributed by atoms with Gasteiger partial charge in [0, 0.05) is 13.1 Å². The Labute approximate surface area is 97.4 Å². The second-order valence-electron chi connectivity index (χ2n) is 2.72. The molecule has 0 aromatic carbocycles. The number of hydrogen-bond donors (Lipinski definition) is 0. The minimum Gasteiger partial charge on any atom is -0.339 e. The van der Waals surface area contributed by atoms with Crippen molar-refractivity contribution in [2.75, 3.05) is 13.1 Å². The van der Waals surface area contributed by atoms with Gasteiger partial charge in [-0.2, -0.15) is 0 Å². The Kier molecular flexibility index (Phi) is 4.23. The van der Waals surface area contributed by atoms with Crippen LogP contribution in [-0.4, -0.2) is 23.9 Å². The molecule has 5 heteroatoms. The van der Waals surface area contributed by atoms with Gasteiger partial charge in [0.05, 0.1) is 9.90 Å². The van der Waals surface area contributed by atoms with Crippen molar-refractivity contribution in [1.29, 1.82) is 0 Å². The topological polar surface area (TPSA) is 20.3 Å². The predicted octanol–water partition coefficient (Wildman–Crippen LogP) is 3.54. The molecule has 0 radical (unpaired) electrons. The van der Waals surface area contributed by atoms with Gasteiger partial charge in [0.2, 0.25) is 0 Å². The van der Waals surface area contributed by atoms with E-state index in [9.17, 15) is 4.79 Å². The van der Waals surface area contributed by atoms with E-state index in [1.54, 1.807) is 11.0 Å². The summed E-state index contributed by atoms with van der Waals surface area (Å²) >= 11 is 12.9. The van der Waals surface area contributed by atoms with Gasteiger partial charge in [-0.05, 0) is 19.9 Å². The van der Waals surface area contributed by atoms with E-state index in [1.807, 2.05) is 13.8 Å². The second-order valence-corrected chi connectivity index (χ2v) is 5.00. The summed E-state index contributed by atoms with van der Waals surface area (Å²) in [5.74, 6) is -0.0526. The zero-order chi connectivity index (χ0) is 10.7. The average molecular weight is 252 g/mol. The Hall–Kier alpha value is -0.250. The maximum Gasteiger partial charge on any atom is 0.256 e. The summed E-state index contributed by atoms with van der Waals surface area (Å²) < 4.78 is 1.01. The molecule has 1 amide bonds. The maximum atomic E-state index is 11.8. The number of nitrogens with zero attached hydrogens (tertiary/aromatic N) is 1. The van der Waals surface area contributed by atoms with E-state index in [4.69, 9.17) is 23.2 Å². The van der Waals surface area contributed by atoms with Gasteiger partial charge in [-0.15, -0.1) is 11.3 Å². The summed E-state index contributed by atoms with van der Waals surface area (Å²) in [7, 11) is 0. The normalized spacial score (nSPS) is 10.3. The van der Waals surface area contributed by atoms with Crippen LogP contribution in [0.5, 0.6) is 0 Å². The molecule has 1 rings (SSSR count). The third-order valence-electron chi connectivity index (χ3n) is 1.94. The molecule has 0 aliphatic rings. The fourth-order valence-electron chi connectivity index (χ4n) is 1.17. The molecule has 0 aliphatic heterocycles. The van der Waals surface area contributed by atoms with Crippen LogP contribution in [0.3, 0.4) is 0 Å². The Balaban J connectivity index is 2.93. The van der Waals surface area contributed by atoms with E-state index in [-0.39, 0.29) is 5.91 Å². The fourth-order valence-corrected chi connectivity index (χ4v) is 2.62. The fraction of sp³-hybridized carbons (Fsp3) is 0.444. The highest BCUT2D eigenvalue weighted by molar-refractivity contribution is 7.20. The first-order valence-electron chi connectivity index (χ1n) is 4.34. The first-order valence-corrected chi connectivity index (χ1v) is 5.91. The van der Waals surface area contributed by atoms with Crippen LogP contribution in [0.2, 0.25) is 8.67 Å². The van der Waals surface area contributed by atoms with Gasteiger partial charge in [0.25, 0.3) is 5.91 Å². The molecule has 14 heavy (non-hydrogen) atoms. The van der Waals surface area contributed by atoms with E-state index >= 15 is 0 Å². The molecule has 0 atom stereocenters. The molecule has 2 nitrogen and oxygen atoms in total. The number of rotatable bonds is 3. The van der Waals surface area contributed by atoms with Crippen LogP contribution in [0.15, 0.2) is 6.07 Å². The largest absolute Gasteiger partial charge is 0.339 e. The number of thiophene rings is 1. The Bertz CT molecular complexity index is 334. The van der Waals surface area contributed by atoms with Crippen LogP contribution in [0.4, 0.5) is 0 Å². The number of amides is 1. The Morgan fingerprint density at radius 1 is 1.43 bits per heavy atom. The van der Waals surface area contributed by atoms with E-state index in [0.717, 1.165) is 0 Å². The molecule has 1 heterocycles. The second kappa shape index (κ2) is 5.01. The van der Waals surface area contributed by atoms with Crippen molar-refractivity contribution in [2.24, 2.45) is 0 Å². The zero-order valence-electron chi connectivity index (χ0n) is 8.01. The van der Waals surface area contributed by atoms with Gasteiger partial charge in [-0.25, -0.2) is 0 Å². The van der Waals surface area contributed by atoms with Gasteiger partial charge in [-0.1, -0.05) is 23.2 Å². The highest BCUT2D eigenvalue weighted by Crippen LogP contribution is 2.31.